The van der Waals surface area contributed by atoms with E-state index in [4.69, 9.17) is 9.47 Å². The predicted molar refractivity (Wildman–Crippen MR) is 93.9 cm³/mol. The molecule has 7 heteroatoms. The molecule has 0 unspecified atom stereocenters. The second kappa shape index (κ2) is 9.36. The van der Waals surface area contributed by atoms with Crippen LogP contribution in [-0.2, 0) is 14.3 Å². The van der Waals surface area contributed by atoms with Crippen LogP contribution >= 0.6 is 0 Å². The lowest BCUT2D eigenvalue weighted by Gasteiger charge is -2.27. The van der Waals surface area contributed by atoms with Gasteiger partial charge in [0.05, 0.1) is 12.6 Å². The highest BCUT2D eigenvalue weighted by Gasteiger charge is 2.29. The fraction of sp³-hybridized carbons (Fsp3) is 0.611. The fourth-order valence-corrected chi connectivity index (χ4v) is 2.88. The number of hydrogen-bond acceptors (Lipinski definition) is 5. The van der Waals surface area contributed by atoms with Crippen molar-refractivity contribution >= 4 is 17.7 Å². The molecular formula is C18H28N2O5. The number of aromatic amines is 1. The van der Waals surface area contributed by atoms with Crippen molar-refractivity contribution in [3.05, 3.63) is 22.5 Å². The number of Topliss-reactive ketones (excluding diaryl/α,β-unsaturated/α-hetero) is 1. The van der Waals surface area contributed by atoms with E-state index in [-0.39, 0.29) is 24.0 Å². The number of methoxy groups -OCH3 is 1. The average molecular weight is 352 g/mol. The first-order valence-corrected chi connectivity index (χ1v) is 8.42. The van der Waals surface area contributed by atoms with Crippen LogP contribution < -0.4 is 0 Å². The first-order chi connectivity index (χ1) is 11.8. The molecule has 7 nitrogen and oxygen atoms in total. The zero-order chi connectivity index (χ0) is 19.1. The Balaban J connectivity index is 3.08. The quantitative estimate of drug-likeness (QED) is 0.418. The first kappa shape index (κ1) is 20.9. The molecule has 0 saturated carbocycles. The molecule has 1 rings (SSSR count). The Morgan fingerprint density at radius 2 is 1.88 bits per heavy atom. The number of rotatable bonds is 9. The Bertz CT molecular complexity index is 636. The second-order valence-corrected chi connectivity index (χ2v) is 5.94. The van der Waals surface area contributed by atoms with Crippen LogP contribution in [0.5, 0.6) is 0 Å². The third-order valence-electron chi connectivity index (χ3n) is 4.16. The van der Waals surface area contributed by atoms with Crippen molar-refractivity contribution in [3.8, 4) is 0 Å². The van der Waals surface area contributed by atoms with Crippen LogP contribution in [0.25, 0.3) is 0 Å². The molecule has 0 aliphatic carbocycles. The van der Waals surface area contributed by atoms with Crippen LogP contribution in [0.2, 0.25) is 0 Å². The summed E-state index contributed by atoms with van der Waals surface area (Å²) in [5.74, 6) is -0.860. The Kier molecular flexibility index (Phi) is 7.83. The molecule has 1 atom stereocenters. The van der Waals surface area contributed by atoms with E-state index in [1.165, 1.54) is 11.8 Å². The van der Waals surface area contributed by atoms with Gasteiger partial charge >= 0.3 is 5.97 Å². The zero-order valence-electron chi connectivity index (χ0n) is 15.9. The normalized spacial score (nSPS) is 11.9. The van der Waals surface area contributed by atoms with Crippen molar-refractivity contribution in [2.24, 2.45) is 0 Å². The Labute approximate surface area is 148 Å². The molecular weight excluding hydrogens is 324 g/mol. The number of aryl methyl sites for hydroxylation is 1. The minimum Gasteiger partial charge on any atom is -0.461 e. The number of ether oxygens (including phenoxy) is 2. The van der Waals surface area contributed by atoms with Gasteiger partial charge in [-0.05, 0) is 39.7 Å². The van der Waals surface area contributed by atoms with Gasteiger partial charge in [-0.15, -0.1) is 0 Å². The number of carbonyl (C=O) groups excluding carboxylic acids is 3. The molecule has 0 aliphatic rings. The van der Waals surface area contributed by atoms with Crippen molar-refractivity contribution in [3.63, 3.8) is 0 Å². The van der Waals surface area contributed by atoms with Crippen LogP contribution in [0.4, 0.5) is 0 Å². The average Bonchev–Trinajstić information content (AvgIpc) is 2.85. The highest BCUT2D eigenvalue weighted by molar-refractivity contribution is 6.06. The SMILES string of the molecule is CCOC(=O)c1[nH]c(C)c(C(=O)[C@H](C)N(CCCOC)C(C)=O)c1C. The van der Waals surface area contributed by atoms with Crippen molar-refractivity contribution in [2.45, 2.75) is 47.1 Å². The maximum absolute atomic E-state index is 13.0. The van der Waals surface area contributed by atoms with Crippen LogP contribution in [0.3, 0.4) is 0 Å². The summed E-state index contributed by atoms with van der Waals surface area (Å²) in [6.45, 7) is 9.51. The summed E-state index contributed by atoms with van der Waals surface area (Å²) in [5.41, 5.74) is 1.86. The van der Waals surface area contributed by atoms with Crippen LogP contribution in [0.15, 0.2) is 0 Å². The van der Waals surface area contributed by atoms with Gasteiger partial charge < -0.3 is 19.4 Å². The maximum Gasteiger partial charge on any atom is 0.355 e. The molecule has 1 aromatic rings. The molecule has 1 heterocycles. The number of nitrogens with zero attached hydrogens (tertiary/aromatic N) is 1. The van der Waals surface area contributed by atoms with E-state index in [9.17, 15) is 14.4 Å². The van der Waals surface area contributed by atoms with E-state index in [2.05, 4.69) is 4.98 Å². The zero-order valence-corrected chi connectivity index (χ0v) is 15.9. The molecule has 0 aromatic carbocycles. The lowest BCUT2D eigenvalue weighted by molar-refractivity contribution is -0.130. The van der Waals surface area contributed by atoms with Crippen LogP contribution in [0.1, 0.15) is 59.3 Å². The van der Waals surface area contributed by atoms with E-state index < -0.39 is 12.0 Å². The van der Waals surface area contributed by atoms with Gasteiger partial charge in [-0.3, -0.25) is 9.59 Å². The summed E-state index contributed by atoms with van der Waals surface area (Å²) in [6, 6.07) is -0.627. The maximum atomic E-state index is 13.0. The molecule has 140 valence electrons. The van der Waals surface area contributed by atoms with Crippen LogP contribution in [0, 0.1) is 13.8 Å². The van der Waals surface area contributed by atoms with Gasteiger partial charge in [0.15, 0.2) is 5.78 Å². The molecule has 1 aromatic heterocycles. The van der Waals surface area contributed by atoms with Crippen molar-refractivity contribution < 1.29 is 23.9 Å². The second-order valence-electron chi connectivity index (χ2n) is 5.94. The molecule has 0 aliphatic heterocycles. The van der Waals surface area contributed by atoms with Crippen molar-refractivity contribution in [2.75, 3.05) is 26.9 Å². The van der Waals surface area contributed by atoms with E-state index in [1.807, 2.05) is 0 Å². The van der Waals surface area contributed by atoms with Gasteiger partial charge in [0.1, 0.15) is 5.69 Å². The minimum absolute atomic E-state index is 0.173. The minimum atomic E-state index is -0.627. The molecule has 1 N–H and O–H groups in total. The number of aromatic nitrogens is 1. The largest absolute Gasteiger partial charge is 0.461 e. The number of amides is 1. The third kappa shape index (κ3) is 4.92. The number of nitrogens with one attached hydrogen (secondary N) is 1. The highest BCUT2D eigenvalue weighted by atomic mass is 16.5. The Hall–Kier alpha value is -2.15. The molecule has 1 amide bonds. The monoisotopic (exact) mass is 352 g/mol. The molecule has 0 saturated heterocycles. The van der Waals surface area contributed by atoms with Crippen molar-refractivity contribution in [1.29, 1.82) is 0 Å². The number of carbonyl (C=O) groups is 3. The van der Waals surface area contributed by atoms with Gasteiger partial charge in [-0.2, -0.15) is 0 Å². The number of ketones is 1. The van der Waals surface area contributed by atoms with E-state index in [0.717, 1.165) is 0 Å². The van der Waals surface area contributed by atoms with Gasteiger partial charge in [-0.1, -0.05) is 0 Å². The Morgan fingerprint density at radius 3 is 2.40 bits per heavy atom. The molecule has 0 bridgehead atoms. The number of hydrogen-bond donors (Lipinski definition) is 1. The van der Waals surface area contributed by atoms with E-state index in [1.54, 1.807) is 34.8 Å². The summed E-state index contributed by atoms with van der Waals surface area (Å²) < 4.78 is 10.0. The standard InChI is InChI=1S/C18H28N2O5/c1-7-25-18(23)16-11(2)15(12(3)19-16)17(22)13(4)20(14(5)21)9-8-10-24-6/h13,19H,7-10H2,1-6H3/t13-/m0/s1. The summed E-state index contributed by atoms with van der Waals surface area (Å²) in [6.07, 6.45) is 0.646. The van der Waals surface area contributed by atoms with Gasteiger partial charge in [-0.25, -0.2) is 4.79 Å². The Morgan fingerprint density at radius 1 is 1.24 bits per heavy atom. The molecule has 0 spiro atoms. The lowest BCUT2D eigenvalue weighted by atomic mass is 9.99. The predicted octanol–water partition coefficient (Wildman–Crippen LogP) is 2.26. The van der Waals surface area contributed by atoms with Gasteiger partial charge in [0.25, 0.3) is 0 Å². The summed E-state index contributed by atoms with van der Waals surface area (Å²) in [5, 5.41) is 0. The van der Waals surface area contributed by atoms with Crippen LogP contribution in [-0.4, -0.2) is 60.5 Å². The topological polar surface area (TPSA) is 88.7 Å². The highest BCUT2D eigenvalue weighted by Crippen LogP contribution is 2.22. The van der Waals surface area contributed by atoms with Crippen molar-refractivity contribution in [1.82, 2.24) is 9.88 Å². The first-order valence-electron chi connectivity index (χ1n) is 8.42. The third-order valence-corrected chi connectivity index (χ3v) is 4.16. The summed E-state index contributed by atoms with van der Waals surface area (Å²) >= 11 is 0. The number of esters is 1. The smallest absolute Gasteiger partial charge is 0.355 e. The lowest BCUT2D eigenvalue weighted by Crippen LogP contribution is -2.43. The fourth-order valence-electron chi connectivity index (χ4n) is 2.88. The van der Waals surface area contributed by atoms with Gasteiger partial charge in [0.2, 0.25) is 5.91 Å². The molecule has 0 fully saturated rings. The molecule has 0 radical (unpaired) electrons. The van der Waals surface area contributed by atoms with Gasteiger partial charge in [0, 0.05) is 38.4 Å². The summed E-state index contributed by atoms with van der Waals surface area (Å²) in [7, 11) is 1.59. The van der Waals surface area contributed by atoms with E-state index in [0.29, 0.717) is 36.4 Å². The van der Waals surface area contributed by atoms with E-state index >= 15 is 0 Å². The number of H-pyrrole nitrogens is 1. The summed E-state index contributed by atoms with van der Waals surface area (Å²) in [4.78, 5) is 41.4. The molecule has 25 heavy (non-hydrogen) atoms.